The molecule has 170 valence electrons. The number of aromatic nitrogens is 2. The summed E-state index contributed by atoms with van der Waals surface area (Å²) >= 11 is 0. The summed E-state index contributed by atoms with van der Waals surface area (Å²) in [5.74, 6) is -0.0621. The van der Waals surface area contributed by atoms with Crippen LogP contribution in [0, 0.1) is 0 Å². The Hall–Kier alpha value is -3.36. The van der Waals surface area contributed by atoms with Crippen molar-refractivity contribution < 1.29 is 14.3 Å². The molecule has 2 saturated heterocycles. The number of amides is 2. The van der Waals surface area contributed by atoms with E-state index in [1.807, 2.05) is 35.2 Å². The Bertz CT molecular complexity index is 1160. The first-order valence-electron chi connectivity index (χ1n) is 11.3. The van der Waals surface area contributed by atoms with Gasteiger partial charge in [0.15, 0.2) is 0 Å². The zero-order valence-electron chi connectivity index (χ0n) is 18.7. The molecule has 4 heterocycles. The molecular formula is C25H27N5O3. The van der Waals surface area contributed by atoms with Crippen LogP contribution in [-0.2, 0) is 4.74 Å². The van der Waals surface area contributed by atoms with Crippen LogP contribution in [0.5, 0.6) is 0 Å². The number of ether oxygens (including phenoxy) is 1. The van der Waals surface area contributed by atoms with E-state index in [2.05, 4.69) is 16.9 Å². The largest absolute Gasteiger partial charge is 0.368 e. The van der Waals surface area contributed by atoms with Crippen molar-refractivity contribution >= 4 is 22.7 Å². The monoisotopic (exact) mass is 445 g/mol. The Kier molecular flexibility index (Phi) is 6.02. The topological polar surface area (TPSA) is 78.9 Å². The Labute approximate surface area is 192 Å². The molecule has 0 aliphatic carbocycles. The number of carbonyl (C=O) groups excluding carboxylic acids is 2. The smallest absolute Gasteiger partial charge is 0.255 e. The highest BCUT2D eigenvalue weighted by Crippen LogP contribution is 2.27. The molecule has 3 aromatic rings. The molecule has 0 saturated carbocycles. The lowest BCUT2D eigenvalue weighted by Gasteiger charge is -2.34. The number of rotatable bonds is 3. The van der Waals surface area contributed by atoms with E-state index in [1.54, 1.807) is 29.4 Å². The minimum Gasteiger partial charge on any atom is -0.368 e. The number of carbonyl (C=O) groups is 2. The predicted molar refractivity (Wildman–Crippen MR) is 124 cm³/mol. The van der Waals surface area contributed by atoms with Crippen molar-refractivity contribution in [1.29, 1.82) is 0 Å². The molecule has 0 radical (unpaired) electrons. The van der Waals surface area contributed by atoms with Crippen molar-refractivity contribution in [3.8, 4) is 0 Å². The van der Waals surface area contributed by atoms with Gasteiger partial charge in [-0.05, 0) is 31.3 Å². The van der Waals surface area contributed by atoms with E-state index in [4.69, 9.17) is 9.72 Å². The molecule has 33 heavy (non-hydrogen) atoms. The van der Waals surface area contributed by atoms with Crippen molar-refractivity contribution in [3.05, 3.63) is 71.7 Å². The van der Waals surface area contributed by atoms with Gasteiger partial charge in [-0.15, -0.1) is 0 Å². The van der Waals surface area contributed by atoms with Crippen molar-refractivity contribution in [1.82, 2.24) is 24.7 Å². The van der Waals surface area contributed by atoms with Crippen molar-refractivity contribution in [2.24, 2.45) is 0 Å². The maximum atomic E-state index is 13.5. The van der Waals surface area contributed by atoms with Gasteiger partial charge in [-0.1, -0.05) is 18.2 Å². The lowest BCUT2D eigenvalue weighted by molar-refractivity contribution is -0.0246. The fraction of sp³-hybridized carbons (Fsp3) is 0.360. The number of nitrogens with zero attached hydrogens (tertiary/aromatic N) is 5. The zero-order chi connectivity index (χ0) is 22.8. The van der Waals surface area contributed by atoms with E-state index in [-0.39, 0.29) is 11.8 Å². The summed E-state index contributed by atoms with van der Waals surface area (Å²) < 4.78 is 6.02. The fourth-order valence-electron chi connectivity index (χ4n) is 4.40. The van der Waals surface area contributed by atoms with Crippen LogP contribution in [0.25, 0.3) is 10.9 Å². The average Bonchev–Trinajstić information content (AvgIpc) is 2.88. The van der Waals surface area contributed by atoms with Crippen LogP contribution in [0.4, 0.5) is 0 Å². The molecule has 2 aromatic heterocycles. The van der Waals surface area contributed by atoms with Crippen LogP contribution >= 0.6 is 0 Å². The molecule has 5 rings (SSSR count). The molecule has 0 N–H and O–H groups in total. The van der Waals surface area contributed by atoms with Crippen molar-refractivity contribution in [3.63, 3.8) is 0 Å². The van der Waals surface area contributed by atoms with Crippen molar-refractivity contribution in [2.75, 3.05) is 52.9 Å². The highest BCUT2D eigenvalue weighted by Gasteiger charge is 2.29. The van der Waals surface area contributed by atoms with Gasteiger partial charge in [-0.3, -0.25) is 14.6 Å². The molecule has 2 aliphatic heterocycles. The molecule has 2 amide bonds. The van der Waals surface area contributed by atoms with E-state index in [0.29, 0.717) is 49.6 Å². The van der Waals surface area contributed by atoms with Gasteiger partial charge in [0.2, 0.25) is 0 Å². The highest BCUT2D eigenvalue weighted by atomic mass is 16.5. The summed E-state index contributed by atoms with van der Waals surface area (Å²) in [4.78, 5) is 41.2. The second kappa shape index (κ2) is 9.25. The minimum atomic E-state index is -0.400. The van der Waals surface area contributed by atoms with Gasteiger partial charge >= 0.3 is 0 Å². The van der Waals surface area contributed by atoms with Gasteiger partial charge < -0.3 is 19.4 Å². The van der Waals surface area contributed by atoms with Crippen LogP contribution < -0.4 is 0 Å². The first-order chi connectivity index (χ1) is 16.1. The molecule has 1 atom stereocenters. The molecule has 1 aromatic carbocycles. The third-order valence-corrected chi connectivity index (χ3v) is 6.35. The number of pyridine rings is 2. The molecular weight excluding hydrogens is 418 g/mol. The van der Waals surface area contributed by atoms with E-state index in [0.717, 1.165) is 24.0 Å². The first-order valence-corrected chi connectivity index (χ1v) is 11.3. The lowest BCUT2D eigenvalue weighted by atomic mass is 10.0. The van der Waals surface area contributed by atoms with Gasteiger partial charge in [-0.2, -0.15) is 0 Å². The number of hydrogen-bond acceptors (Lipinski definition) is 6. The third kappa shape index (κ3) is 4.44. The van der Waals surface area contributed by atoms with Gasteiger partial charge in [0, 0.05) is 50.5 Å². The second-order valence-corrected chi connectivity index (χ2v) is 8.56. The van der Waals surface area contributed by atoms with Gasteiger partial charge in [0.1, 0.15) is 6.10 Å². The summed E-state index contributed by atoms with van der Waals surface area (Å²) in [6.07, 6.45) is 2.83. The second-order valence-electron chi connectivity index (χ2n) is 8.56. The molecule has 8 nitrogen and oxygen atoms in total. The minimum absolute atomic E-state index is 0.0158. The number of piperazine rings is 1. The molecule has 0 spiro atoms. The maximum Gasteiger partial charge on any atom is 0.255 e. The standard InChI is InChI=1S/C25H27N5O3/c1-28-9-11-29(12-10-28)25(32)20-15-22(27-21-7-3-2-6-19(20)21)23-17-30(13-14-33-23)24(31)18-5-4-8-26-16-18/h2-8,15-16,23H,9-14,17H2,1H3/t23-/m0/s1. The summed E-state index contributed by atoms with van der Waals surface area (Å²) in [6, 6.07) is 13.1. The van der Waals surface area contributed by atoms with Crippen LogP contribution in [-0.4, -0.2) is 89.4 Å². The number of para-hydroxylation sites is 1. The molecule has 8 heteroatoms. The SMILES string of the molecule is CN1CCN(C(=O)c2cc([C@@H]3CN(C(=O)c4cccnc4)CCO3)nc3ccccc23)CC1. The van der Waals surface area contributed by atoms with E-state index in [9.17, 15) is 9.59 Å². The number of likely N-dealkylation sites (N-methyl/N-ethyl adjacent to an activating group) is 1. The first kappa shape index (κ1) is 21.5. The molecule has 2 aliphatic rings. The summed E-state index contributed by atoms with van der Waals surface area (Å²) in [5.41, 5.74) is 2.62. The van der Waals surface area contributed by atoms with Crippen LogP contribution in [0.1, 0.15) is 32.5 Å². The fourth-order valence-corrected chi connectivity index (χ4v) is 4.40. The quantitative estimate of drug-likeness (QED) is 0.615. The van der Waals surface area contributed by atoms with Crippen LogP contribution in [0.2, 0.25) is 0 Å². The van der Waals surface area contributed by atoms with Gasteiger partial charge in [-0.25, -0.2) is 4.98 Å². The number of hydrogen-bond donors (Lipinski definition) is 0. The Balaban J connectivity index is 1.44. The summed E-state index contributed by atoms with van der Waals surface area (Å²) in [6.45, 7) is 4.42. The number of benzene rings is 1. The van der Waals surface area contributed by atoms with E-state index >= 15 is 0 Å². The Morgan fingerprint density at radius 2 is 1.79 bits per heavy atom. The number of fused-ring (bicyclic) bond motifs is 1. The summed E-state index contributed by atoms with van der Waals surface area (Å²) in [7, 11) is 2.07. The van der Waals surface area contributed by atoms with Crippen LogP contribution in [0.15, 0.2) is 54.9 Å². The Morgan fingerprint density at radius 3 is 2.58 bits per heavy atom. The van der Waals surface area contributed by atoms with E-state index < -0.39 is 6.10 Å². The lowest BCUT2D eigenvalue weighted by Crippen LogP contribution is -2.47. The average molecular weight is 446 g/mol. The number of morpholine rings is 1. The van der Waals surface area contributed by atoms with Crippen molar-refractivity contribution in [2.45, 2.75) is 6.10 Å². The van der Waals surface area contributed by atoms with Gasteiger partial charge in [0.05, 0.1) is 35.5 Å². The molecule has 0 unspecified atom stereocenters. The third-order valence-electron chi connectivity index (χ3n) is 6.35. The zero-order valence-corrected chi connectivity index (χ0v) is 18.7. The van der Waals surface area contributed by atoms with Gasteiger partial charge in [0.25, 0.3) is 11.8 Å². The molecule has 0 bridgehead atoms. The molecule has 2 fully saturated rings. The summed E-state index contributed by atoms with van der Waals surface area (Å²) in [5, 5.41) is 0.837. The highest BCUT2D eigenvalue weighted by molar-refractivity contribution is 6.06. The Morgan fingerprint density at radius 1 is 0.970 bits per heavy atom. The van der Waals surface area contributed by atoms with Crippen LogP contribution in [0.3, 0.4) is 0 Å². The maximum absolute atomic E-state index is 13.5. The van der Waals surface area contributed by atoms with E-state index in [1.165, 1.54) is 0 Å². The predicted octanol–water partition coefficient (Wildman–Crippen LogP) is 2.23. The normalized spacial score (nSPS) is 19.6.